The maximum Gasteiger partial charge on any atom is 0.273 e. The molecular formula is C23H19ClN4O. The molecule has 0 aliphatic heterocycles. The molecule has 5 nitrogen and oxygen atoms in total. The fourth-order valence-corrected chi connectivity index (χ4v) is 3.21. The Morgan fingerprint density at radius 1 is 0.966 bits per heavy atom. The minimum absolute atomic E-state index is 0.288. The van der Waals surface area contributed by atoms with Gasteiger partial charge in [-0.15, -0.1) is 0 Å². The fourth-order valence-electron chi connectivity index (χ4n) is 3.02. The molecule has 1 aromatic heterocycles. The van der Waals surface area contributed by atoms with Crippen LogP contribution in [0.5, 0.6) is 0 Å². The van der Waals surface area contributed by atoms with Gasteiger partial charge in [-0.2, -0.15) is 5.10 Å². The predicted molar refractivity (Wildman–Crippen MR) is 116 cm³/mol. The minimum Gasteiger partial charge on any atom is -0.298 e. The van der Waals surface area contributed by atoms with E-state index in [4.69, 9.17) is 11.6 Å². The molecule has 4 aromatic rings. The van der Waals surface area contributed by atoms with Gasteiger partial charge in [-0.05, 0) is 43.3 Å². The second-order valence-electron chi connectivity index (χ2n) is 6.63. The van der Waals surface area contributed by atoms with Crippen LogP contribution in [-0.2, 0) is 0 Å². The van der Waals surface area contributed by atoms with E-state index in [-0.39, 0.29) is 5.91 Å². The summed E-state index contributed by atoms with van der Waals surface area (Å²) in [5.74, 6) is -0.288. The molecule has 0 bridgehead atoms. The Kier molecular flexibility index (Phi) is 5.31. The number of halogens is 1. The molecule has 0 radical (unpaired) electrons. The number of carbonyl (C=O) groups is 1. The van der Waals surface area contributed by atoms with Gasteiger partial charge in [0.2, 0.25) is 0 Å². The van der Waals surface area contributed by atoms with Crippen molar-refractivity contribution in [2.75, 3.05) is 5.43 Å². The maximum atomic E-state index is 13.0. The molecular weight excluding hydrogens is 384 g/mol. The first kappa shape index (κ1) is 18.8. The van der Waals surface area contributed by atoms with Crippen molar-refractivity contribution in [3.63, 3.8) is 0 Å². The Balaban J connectivity index is 1.68. The highest BCUT2D eigenvalue weighted by Gasteiger charge is 2.19. The number of para-hydroxylation sites is 1. The molecule has 2 N–H and O–H groups in total. The molecule has 144 valence electrons. The van der Waals surface area contributed by atoms with Gasteiger partial charge in [0.05, 0.1) is 16.9 Å². The van der Waals surface area contributed by atoms with Crippen LogP contribution in [-0.4, -0.2) is 15.7 Å². The van der Waals surface area contributed by atoms with Crippen LogP contribution >= 0.6 is 11.6 Å². The van der Waals surface area contributed by atoms with Crippen molar-refractivity contribution in [2.24, 2.45) is 0 Å². The third-order valence-electron chi connectivity index (χ3n) is 4.42. The van der Waals surface area contributed by atoms with Crippen LogP contribution in [0.15, 0.2) is 85.1 Å². The topological polar surface area (TPSA) is 59.0 Å². The molecule has 6 heteroatoms. The van der Waals surface area contributed by atoms with E-state index in [1.165, 1.54) is 0 Å². The lowest BCUT2D eigenvalue weighted by Crippen LogP contribution is -2.29. The monoisotopic (exact) mass is 402 g/mol. The molecule has 29 heavy (non-hydrogen) atoms. The molecule has 0 spiro atoms. The van der Waals surface area contributed by atoms with E-state index in [9.17, 15) is 4.79 Å². The van der Waals surface area contributed by atoms with Gasteiger partial charge in [-0.25, -0.2) is 4.68 Å². The predicted octanol–water partition coefficient (Wildman–Crippen LogP) is 5.26. The highest BCUT2D eigenvalue weighted by molar-refractivity contribution is 6.30. The number of aromatic nitrogens is 2. The largest absolute Gasteiger partial charge is 0.298 e. The van der Waals surface area contributed by atoms with Gasteiger partial charge in [-0.3, -0.25) is 15.6 Å². The van der Waals surface area contributed by atoms with Crippen LogP contribution in [0.1, 0.15) is 15.9 Å². The third-order valence-corrected chi connectivity index (χ3v) is 4.65. The zero-order valence-corrected chi connectivity index (χ0v) is 16.5. The van der Waals surface area contributed by atoms with Gasteiger partial charge >= 0.3 is 0 Å². The number of hydrogen-bond acceptors (Lipinski definition) is 3. The molecule has 0 fully saturated rings. The van der Waals surface area contributed by atoms with Gasteiger partial charge < -0.3 is 0 Å². The maximum absolute atomic E-state index is 13.0. The first-order valence-electron chi connectivity index (χ1n) is 9.14. The number of carbonyl (C=O) groups excluding carboxylic acids is 1. The van der Waals surface area contributed by atoms with Crippen LogP contribution in [0.3, 0.4) is 0 Å². The van der Waals surface area contributed by atoms with Gasteiger partial charge in [0.15, 0.2) is 0 Å². The van der Waals surface area contributed by atoms with E-state index in [0.29, 0.717) is 22.0 Å². The van der Waals surface area contributed by atoms with Crippen LogP contribution in [0, 0.1) is 6.92 Å². The highest BCUT2D eigenvalue weighted by atomic mass is 35.5. The number of benzene rings is 3. The molecule has 0 aliphatic rings. The standard InChI is InChI=1S/C23H19ClN4O/c1-16-7-5-8-17(13-16)22-21(15-28(27-22)20-11-3-2-4-12-20)23(29)26-25-19-10-6-9-18(24)14-19/h2-15,25H,1H3,(H,26,29). The number of nitrogens with zero attached hydrogens (tertiary/aromatic N) is 2. The van der Waals surface area contributed by atoms with Crippen LogP contribution in [0.2, 0.25) is 5.02 Å². The lowest BCUT2D eigenvalue weighted by Gasteiger charge is -2.09. The lowest BCUT2D eigenvalue weighted by atomic mass is 10.1. The van der Waals surface area contributed by atoms with Crippen molar-refractivity contribution >= 4 is 23.2 Å². The normalized spacial score (nSPS) is 10.6. The van der Waals surface area contributed by atoms with E-state index in [1.807, 2.05) is 73.7 Å². The van der Waals surface area contributed by atoms with Crippen molar-refractivity contribution in [1.29, 1.82) is 0 Å². The summed E-state index contributed by atoms with van der Waals surface area (Å²) in [6.45, 7) is 2.01. The summed E-state index contributed by atoms with van der Waals surface area (Å²) >= 11 is 6.00. The number of rotatable bonds is 5. The molecule has 0 saturated carbocycles. The molecule has 3 aromatic carbocycles. The number of anilines is 1. The van der Waals surface area contributed by atoms with Gasteiger partial charge in [0.25, 0.3) is 5.91 Å². The quantitative estimate of drug-likeness (QED) is 0.448. The number of aryl methyl sites for hydroxylation is 1. The van der Waals surface area contributed by atoms with Crippen molar-refractivity contribution in [1.82, 2.24) is 15.2 Å². The molecule has 1 heterocycles. The average molecular weight is 403 g/mol. The van der Waals surface area contributed by atoms with Gasteiger partial charge in [-0.1, -0.05) is 59.6 Å². The van der Waals surface area contributed by atoms with E-state index in [2.05, 4.69) is 16.0 Å². The molecule has 0 atom stereocenters. The molecule has 0 unspecified atom stereocenters. The Morgan fingerprint density at radius 2 is 1.76 bits per heavy atom. The Hall–Kier alpha value is -3.57. The molecule has 0 saturated heterocycles. The Bertz CT molecular complexity index is 1150. The second kappa shape index (κ2) is 8.20. The smallest absolute Gasteiger partial charge is 0.273 e. The lowest BCUT2D eigenvalue weighted by molar-refractivity contribution is 0.0963. The Morgan fingerprint density at radius 3 is 2.52 bits per heavy atom. The van der Waals surface area contributed by atoms with E-state index in [1.54, 1.807) is 23.0 Å². The van der Waals surface area contributed by atoms with Crippen LogP contribution < -0.4 is 10.9 Å². The average Bonchev–Trinajstić information content (AvgIpc) is 3.18. The van der Waals surface area contributed by atoms with Crippen molar-refractivity contribution in [2.45, 2.75) is 6.92 Å². The van der Waals surface area contributed by atoms with E-state index >= 15 is 0 Å². The zero-order valence-electron chi connectivity index (χ0n) is 15.8. The fraction of sp³-hybridized carbons (Fsp3) is 0.0435. The number of hydrazine groups is 1. The molecule has 4 rings (SSSR count). The third kappa shape index (κ3) is 4.31. The molecule has 1 amide bonds. The van der Waals surface area contributed by atoms with Crippen molar-refractivity contribution in [3.8, 4) is 16.9 Å². The van der Waals surface area contributed by atoms with Crippen LogP contribution in [0.25, 0.3) is 16.9 Å². The zero-order chi connectivity index (χ0) is 20.2. The summed E-state index contributed by atoms with van der Waals surface area (Å²) in [4.78, 5) is 13.0. The number of amides is 1. The summed E-state index contributed by atoms with van der Waals surface area (Å²) in [6, 6.07) is 24.8. The van der Waals surface area contributed by atoms with Gasteiger partial charge in [0, 0.05) is 16.8 Å². The summed E-state index contributed by atoms with van der Waals surface area (Å²) in [6.07, 6.45) is 1.74. The van der Waals surface area contributed by atoms with Crippen molar-refractivity contribution < 1.29 is 4.79 Å². The second-order valence-corrected chi connectivity index (χ2v) is 7.07. The first-order valence-corrected chi connectivity index (χ1v) is 9.52. The van der Waals surface area contributed by atoms with Gasteiger partial charge in [0.1, 0.15) is 5.69 Å². The highest BCUT2D eigenvalue weighted by Crippen LogP contribution is 2.25. The summed E-state index contributed by atoms with van der Waals surface area (Å²) in [7, 11) is 0. The minimum atomic E-state index is -0.288. The van der Waals surface area contributed by atoms with Crippen LogP contribution in [0.4, 0.5) is 5.69 Å². The number of nitrogens with one attached hydrogen (secondary N) is 2. The Labute approximate surface area is 173 Å². The SMILES string of the molecule is Cc1cccc(-c2nn(-c3ccccc3)cc2C(=O)NNc2cccc(Cl)c2)c1. The van der Waals surface area contributed by atoms with Crippen molar-refractivity contribution in [3.05, 3.63) is 101 Å². The van der Waals surface area contributed by atoms with E-state index in [0.717, 1.165) is 16.8 Å². The molecule has 0 aliphatic carbocycles. The summed E-state index contributed by atoms with van der Waals surface area (Å²) in [5.41, 5.74) is 10.3. The first-order chi connectivity index (χ1) is 14.1. The summed E-state index contributed by atoms with van der Waals surface area (Å²) < 4.78 is 1.71. The number of hydrogen-bond donors (Lipinski definition) is 2. The van der Waals surface area contributed by atoms with E-state index < -0.39 is 0 Å². The summed E-state index contributed by atoms with van der Waals surface area (Å²) in [5, 5.41) is 5.27.